The molecule has 2 aliphatic heterocycles. The number of nitrogens with zero attached hydrogens (tertiary/aromatic N) is 3. The van der Waals surface area contributed by atoms with E-state index >= 15 is 0 Å². The summed E-state index contributed by atoms with van der Waals surface area (Å²) < 4.78 is 2.75. The Bertz CT molecular complexity index is 4140. The van der Waals surface area contributed by atoms with Gasteiger partial charge in [0, 0.05) is 60.1 Å². The number of hydrogen-bond donors (Lipinski definition) is 0. The Balaban J connectivity index is 1.18. The van der Waals surface area contributed by atoms with E-state index < -0.39 is 0 Å². The lowest BCUT2D eigenvalue weighted by molar-refractivity contribution is 0.332. The van der Waals surface area contributed by atoms with Crippen molar-refractivity contribution in [3.05, 3.63) is 202 Å². The molecular weight excluding hydrogens is 1070 g/mol. The molecule has 0 unspecified atom stereocenters. The molecule has 0 spiro atoms. The lowest BCUT2D eigenvalue weighted by Gasteiger charge is -2.47. The van der Waals surface area contributed by atoms with E-state index in [4.69, 9.17) is 0 Å². The van der Waals surface area contributed by atoms with Gasteiger partial charge in [0.25, 0.3) is 0 Å². The maximum absolute atomic E-state index is 2.82. The first-order chi connectivity index (χ1) is 40.6. The molecule has 8 aromatic carbocycles. The summed E-state index contributed by atoms with van der Waals surface area (Å²) in [4.78, 5) is 8.10. The van der Waals surface area contributed by atoms with Gasteiger partial charge in [-0.1, -0.05) is 217 Å². The topological polar surface area (TPSA) is 9.72 Å². The second-order valence-corrected chi connectivity index (χ2v) is 34.4. The van der Waals surface area contributed by atoms with E-state index in [1.54, 1.807) is 0 Å². The highest BCUT2D eigenvalue weighted by Gasteiger charge is 2.50. The van der Waals surface area contributed by atoms with Gasteiger partial charge in [0.05, 0.1) is 11.4 Å². The monoisotopic (exact) mass is 1160 g/mol. The molecule has 0 amide bonds. The molecule has 5 heteroatoms. The first kappa shape index (κ1) is 59.2. The maximum Gasteiger partial charge on any atom is 0.343 e. The van der Waals surface area contributed by atoms with E-state index in [0.29, 0.717) is 0 Å². The van der Waals surface area contributed by atoms with Crippen molar-refractivity contribution < 1.29 is 0 Å². The quantitative estimate of drug-likeness (QED) is 0.154. The van der Waals surface area contributed by atoms with Crippen LogP contribution in [0.1, 0.15) is 209 Å². The highest BCUT2D eigenvalue weighted by molar-refractivity contribution is 7.32. The molecule has 9 aromatic rings. The summed E-state index contributed by atoms with van der Waals surface area (Å²) in [5.41, 5.74) is 27.3. The van der Waals surface area contributed by atoms with Crippen molar-refractivity contribution >= 4 is 84.0 Å². The zero-order valence-corrected chi connectivity index (χ0v) is 57.0. The van der Waals surface area contributed by atoms with Crippen LogP contribution in [0.3, 0.4) is 0 Å². The Morgan fingerprint density at radius 3 is 1.45 bits per heavy atom. The summed E-state index contributed by atoms with van der Waals surface area (Å²) in [7, 11) is 0. The van der Waals surface area contributed by atoms with Gasteiger partial charge < -0.3 is 14.6 Å². The lowest BCUT2D eigenvalue weighted by atomic mass is 9.46. The van der Waals surface area contributed by atoms with Gasteiger partial charge in [0.15, 0.2) is 0 Å². The van der Waals surface area contributed by atoms with Crippen molar-refractivity contribution in [2.45, 2.75) is 207 Å². The second-order valence-electron chi connectivity index (χ2n) is 33.3. The third kappa shape index (κ3) is 9.91. The summed E-state index contributed by atoms with van der Waals surface area (Å²) in [6.07, 6.45) is 4.63. The van der Waals surface area contributed by atoms with E-state index in [0.717, 1.165) is 29.9 Å². The normalized spacial score (nSPS) is 17.3. The summed E-state index contributed by atoms with van der Waals surface area (Å²) in [6, 6.07) is 63.0. The van der Waals surface area contributed by atoms with E-state index in [1.165, 1.54) is 128 Å². The number of anilines is 8. The third-order valence-electron chi connectivity index (χ3n) is 21.0. The van der Waals surface area contributed by atoms with Crippen LogP contribution in [0.15, 0.2) is 158 Å². The number of benzene rings is 8. The Morgan fingerprint density at radius 2 is 0.897 bits per heavy atom. The molecular formula is C82H94BN3S. The van der Waals surface area contributed by atoms with Crippen LogP contribution in [0.4, 0.5) is 45.5 Å². The first-order valence-corrected chi connectivity index (χ1v) is 33.3. The molecule has 0 saturated heterocycles. The average Bonchev–Trinajstić information content (AvgIpc) is 1.68. The van der Waals surface area contributed by atoms with Crippen LogP contribution in [-0.2, 0) is 43.3 Å². The molecule has 87 heavy (non-hydrogen) atoms. The van der Waals surface area contributed by atoms with Gasteiger partial charge in [0.2, 0.25) is 0 Å². The fraction of sp³-hybridized carbons (Fsp3) is 0.390. The first-order valence-electron chi connectivity index (χ1n) is 32.5. The Hall–Kier alpha value is -6.82. The van der Waals surface area contributed by atoms with Crippen LogP contribution in [-0.4, -0.2) is 6.85 Å². The predicted molar refractivity (Wildman–Crippen MR) is 381 cm³/mol. The zero-order chi connectivity index (χ0) is 62.1. The Kier molecular flexibility index (Phi) is 13.5. The molecule has 3 heterocycles. The number of thiophene rings is 1. The van der Waals surface area contributed by atoms with Crippen molar-refractivity contribution in [1.29, 1.82) is 0 Å². The molecule has 2 aliphatic carbocycles. The minimum Gasteiger partial charge on any atom is -0.376 e. The summed E-state index contributed by atoms with van der Waals surface area (Å²) in [6.45, 7) is 47.9. The van der Waals surface area contributed by atoms with Gasteiger partial charge >= 0.3 is 6.85 Å². The van der Waals surface area contributed by atoms with Crippen LogP contribution >= 0.6 is 11.3 Å². The van der Waals surface area contributed by atoms with Gasteiger partial charge in [-0.15, -0.1) is 11.3 Å². The van der Waals surface area contributed by atoms with Gasteiger partial charge in [-0.05, 0) is 209 Å². The molecule has 446 valence electrons. The van der Waals surface area contributed by atoms with E-state index in [9.17, 15) is 0 Å². The van der Waals surface area contributed by atoms with Crippen LogP contribution < -0.4 is 24.9 Å². The number of rotatable bonds is 6. The number of hydrogen-bond acceptors (Lipinski definition) is 4. The van der Waals surface area contributed by atoms with Gasteiger partial charge in [-0.25, -0.2) is 0 Å². The largest absolute Gasteiger partial charge is 0.376 e. The molecule has 3 nitrogen and oxygen atoms in total. The summed E-state index contributed by atoms with van der Waals surface area (Å²) in [5, 5.41) is 1.35. The van der Waals surface area contributed by atoms with E-state index in [-0.39, 0.29) is 50.2 Å². The molecule has 0 saturated carbocycles. The maximum atomic E-state index is 2.82. The highest BCUT2D eigenvalue weighted by Crippen LogP contribution is 2.57. The minimum absolute atomic E-state index is 0.000881. The molecule has 4 aliphatic rings. The molecule has 0 radical (unpaired) electrons. The molecule has 0 fully saturated rings. The van der Waals surface area contributed by atoms with Crippen molar-refractivity contribution in [2.75, 3.05) is 14.6 Å². The van der Waals surface area contributed by atoms with Crippen molar-refractivity contribution in [3.8, 4) is 22.3 Å². The standard InChI is InChI=1S/C82H94BN3S/c1-75(2,3)52-26-31-56(32-27-52)84(57-33-28-53(29-34-57)76(4,5)6)58-35-37-60-62-45-55(78(10,11)12)46-70-72(62)83(86(69(60)48-58)59-36-38-64-65(47-59)80(15,16)41-40-79(64,13)14)74-73(63-49-66-67(50-71(63)87-74)82(19,20)43-42-81(66,17)18)85(70)68-39-30-54(77(7,8)9)44-61(68)51-24-22-21-23-25-51/h21-39,44-50H,40-43H2,1-20H3. The van der Waals surface area contributed by atoms with Crippen LogP contribution in [0.2, 0.25) is 0 Å². The fourth-order valence-electron chi connectivity index (χ4n) is 15.0. The molecule has 0 atom stereocenters. The van der Waals surface area contributed by atoms with Crippen LogP contribution in [0.5, 0.6) is 0 Å². The van der Waals surface area contributed by atoms with E-state index in [1.807, 2.05) is 11.3 Å². The van der Waals surface area contributed by atoms with Gasteiger partial charge in [-0.3, -0.25) is 0 Å². The zero-order valence-electron chi connectivity index (χ0n) is 56.2. The molecule has 13 rings (SSSR count). The predicted octanol–water partition coefficient (Wildman–Crippen LogP) is 22.6. The average molecular weight is 1160 g/mol. The second kappa shape index (κ2) is 19.8. The molecule has 0 bridgehead atoms. The van der Waals surface area contributed by atoms with Crippen molar-refractivity contribution in [3.63, 3.8) is 0 Å². The Labute approximate surface area is 527 Å². The summed E-state index contributed by atoms with van der Waals surface area (Å²) >= 11 is 2.05. The van der Waals surface area contributed by atoms with Crippen molar-refractivity contribution in [1.82, 2.24) is 0 Å². The Morgan fingerprint density at radius 1 is 0.402 bits per heavy atom. The van der Waals surface area contributed by atoms with Crippen LogP contribution in [0, 0.1) is 0 Å². The van der Waals surface area contributed by atoms with E-state index in [2.05, 4.69) is 311 Å². The molecule has 1 aromatic heterocycles. The smallest absolute Gasteiger partial charge is 0.343 e. The fourth-order valence-corrected chi connectivity index (χ4v) is 16.4. The third-order valence-corrected chi connectivity index (χ3v) is 22.2. The number of fused-ring (bicyclic) bond motifs is 8. The van der Waals surface area contributed by atoms with Gasteiger partial charge in [-0.2, -0.15) is 0 Å². The van der Waals surface area contributed by atoms with Crippen LogP contribution in [0.25, 0.3) is 32.3 Å². The minimum atomic E-state index is -0.167. The van der Waals surface area contributed by atoms with Gasteiger partial charge in [0.1, 0.15) is 0 Å². The highest BCUT2D eigenvalue weighted by atomic mass is 32.1. The van der Waals surface area contributed by atoms with Crippen molar-refractivity contribution in [2.24, 2.45) is 0 Å². The molecule has 0 N–H and O–H groups in total. The summed E-state index contributed by atoms with van der Waals surface area (Å²) in [5.74, 6) is 0. The lowest BCUT2D eigenvalue weighted by Crippen LogP contribution is -2.60. The SMILES string of the molecule is CC(C)(C)c1ccc(N(c2ccc(C(C)(C)C)cc2)c2ccc3c(c2)N(c2ccc4c(c2)C(C)(C)CCC4(C)C)B2c4sc5cc6c(cc5c4N(c4ccc(C(C)(C)C)cc4-c4ccccc4)c4cc(C(C)(C)C)cc-3c42)C(C)(C)CCC6(C)C)cc1.